The summed E-state index contributed by atoms with van der Waals surface area (Å²) in [6, 6.07) is 8.11. The molecule has 1 amide bonds. The van der Waals surface area contributed by atoms with Crippen LogP contribution in [0.15, 0.2) is 36.4 Å². The van der Waals surface area contributed by atoms with Gasteiger partial charge in [-0.3, -0.25) is 4.79 Å². The van der Waals surface area contributed by atoms with Crippen LogP contribution < -0.4 is 19.1 Å². The minimum atomic E-state index is -0.842. The highest BCUT2D eigenvalue weighted by atomic mass is 19.1. The topological polar surface area (TPSA) is 80.3 Å². The number of hydrogen-bond acceptors (Lipinski definition) is 8. The van der Waals surface area contributed by atoms with Crippen LogP contribution in [0.4, 0.5) is 14.7 Å². The van der Waals surface area contributed by atoms with E-state index in [4.69, 9.17) is 19.2 Å². The van der Waals surface area contributed by atoms with Crippen molar-refractivity contribution in [2.75, 3.05) is 58.9 Å². The van der Waals surface area contributed by atoms with Crippen molar-refractivity contribution in [1.29, 1.82) is 0 Å². The molecule has 11 heteroatoms. The van der Waals surface area contributed by atoms with E-state index in [0.717, 1.165) is 44.0 Å². The maximum absolute atomic E-state index is 14.5. The summed E-state index contributed by atoms with van der Waals surface area (Å²) in [6.45, 7) is 3.78. The van der Waals surface area contributed by atoms with Crippen LogP contribution in [0.1, 0.15) is 21.6 Å². The Morgan fingerprint density at radius 3 is 2.29 bits per heavy atom. The molecule has 2 aliphatic heterocycles. The number of anilines is 1. The Bertz CT molecular complexity index is 1330. The SMILES string of the molecule is COc1cc(OC)cc(C(=O)N2CCc3nc(N4CCN(C)CC4)nc(Oc4ccc(F)cc4F)c3C2)c1. The monoisotopic (exact) mass is 525 g/mol. The number of nitrogens with zero attached hydrogens (tertiary/aromatic N) is 5. The third-order valence-corrected chi connectivity index (χ3v) is 6.78. The largest absolute Gasteiger partial charge is 0.497 e. The van der Waals surface area contributed by atoms with Gasteiger partial charge in [-0.15, -0.1) is 0 Å². The van der Waals surface area contributed by atoms with Crippen LogP contribution in [0.3, 0.4) is 0 Å². The number of rotatable bonds is 6. The van der Waals surface area contributed by atoms with Crippen molar-refractivity contribution >= 4 is 11.9 Å². The van der Waals surface area contributed by atoms with Crippen molar-refractivity contribution < 1.29 is 27.8 Å². The first-order valence-corrected chi connectivity index (χ1v) is 12.3. The quantitative estimate of drug-likeness (QED) is 0.484. The number of halogens is 2. The lowest BCUT2D eigenvalue weighted by Gasteiger charge is -2.34. The van der Waals surface area contributed by atoms with Crippen molar-refractivity contribution in [1.82, 2.24) is 19.8 Å². The van der Waals surface area contributed by atoms with Crippen LogP contribution in [-0.2, 0) is 13.0 Å². The second kappa shape index (κ2) is 10.8. The zero-order valence-electron chi connectivity index (χ0n) is 21.5. The summed E-state index contributed by atoms with van der Waals surface area (Å²) in [4.78, 5) is 28.9. The molecule has 0 radical (unpaired) electrons. The van der Waals surface area contributed by atoms with Gasteiger partial charge in [0.1, 0.15) is 17.3 Å². The zero-order valence-corrected chi connectivity index (χ0v) is 21.5. The van der Waals surface area contributed by atoms with Gasteiger partial charge in [0.25, 0.3) is 5.91 Å². The van der Waals surface area contributed by atoms with Gasteiger partial charge in [-0.1, -0.05) is 0 Å². The Hall–Kier alpha value is -3.99. The molecular weight excluding hydrogens is 496 g/mol. The van der Waals surface area contributed by atoms with Gasteiger partial charge in [0.05, 0.1) is 32.0 Å². The predicted octanol–water partition coefficient (Wildman–Crippen LogP) is 3.51. The predicted molar refractivity (Wildman–Crippen MR) is 136 cm³/mol. The second-order valence-electron chi connectivity index (χ2n) is 9.30. The highest BCUT2D eigenvalue weighted by molar-refractivity contribution is 5.95. The number of aromatic nitrogens is 2. The summed E-state index contributed by atoms with van der Waals surface area (Å²) in [5.74, 6) is -0.287. The third-order valence-electron chi connectivity index (χ3n) is 6.78. The van der Waals surface area contributed by atoms with E-state index in [-0.39, 0.29) is 24.1 Å². The molecule has 0 spiro atoms. The van der Waals surface area contributed by atoms with E-state index >= 15 is 0 Å². The van der Waals surface area contributed by atoms with Gasteiger partial charge in [-0.25, -0.2) is 13.8 Å². The van der Waals surface area contributed by atoms with Gasteiger partial charge < -0.3 is 28.9 Å². The summed E-state index contributed by atoms with van der Waals surface area (Å²) in [5.41, 5.74) is 1.73. The number of benzene rings is 2. The standard InChI is InChI=1S/C27H29F2N5O4/c1-32-8-10-33(11-9-32)27-30-23-6-7-34(26(35)17-12-19(36-2)15-20(13-17)37-3)16-21(23)25(31-27)38-24-5-4-18(28)14-22(24)29/h4-5,12-15H,6-11,16H2,1-3H3. The lowest BCUT2D eigenvalue weighted by atomic mass is 10.0. The molecule has 1 saturated heterocycles. The Kier molecular flexibility index (Phi) is 7.28. The third kappa shape index (κ3) is 5.33. The van der Waals surface area contributed by atoms with Crippen LogP contribution in [0.2, 0.25) is 0 Å². The van der Waals surface area contributed by atoms with Crippen LogP contribution >= 0.6 is 0 Å². The number of likely N-dealkylation sites (N-methyl/N-ethyl adjacent to an activating group) is 1. The highest BCUT2D eigenvalue weighted by Gasteiger charge is 2.30. The Labute approximate surface area is 219 Å². The van der Waals surface area contributed by atoms with Crippen molar-refractivity contribution in [2.45, 2.75) is 13.0 Å². The maximum atomic E-state index is 14.5. The molecule has 5 rings (SSSR count). The highest BCUT2D eigenvalue weighted by Crippen LogP contribution is 2.34. The number of carbonyl (C=O) groups is 1. The normalized spacial score (nSPS) is 15.7. The fourth-order valence-electron chi connectivity index (χ4n) is 4.55. The van der Waals surface area contributed by atoms with E-state index in [9.17, 15) is 13.6 Å². The van der Waals surface area contributed by atoms with Gasteiger partial charge in [0.15, 0.2) is 11.6 Å². The van der Waals surface area contributed by atoms with Crippen LogP contribution in [0, 0.1) is 11.6 Å². The molecule has 1 fully saturated rings. The second-order valence-corrected chi connectivity index (χ2v) is 9.30. The first-order valence-electron chi connectivity index (χ1n) is 12.3. The van der Waals surface area contributed by atoms with Gasteiger partial charge in [0.2, 0.25) is 11.8 Å². The molecular formula is C27H29F2N5O4. The van der Waals surface area contributed by atoms with Crippen molar-refractivity contribution in [3.8, 4) is 23.1 Å². The molecule has 38 heavy (non-hydrogen) atoms. The number of fused-ring (bicyclic) bond motifs is 1. The molecule has 2 aromatic carbocycles. The number of hydrogen-bond donors (Lipinski definition) is 0. The Morgan fingerprint density at radius 2 is 1.63 bits per heavy atom. The molecule has 1 aromatic heterocycles. The minimum Gasteiger partial charge on any atom is -0.497 e. The number of amides is 1. The first-order chi connectivity index (χ1) is 18.3. The summed E-state index contributed by atoms with van der Waals surface area (Å²) < 4.78 is 44.6. The van der Waals surface area contributed by atoms with Crippen LogP contribution in [0.5, 0.6) is 23.1 Å². The van der Waals surface area contributed by atoms with Gasteiger partial charge in [0, 0.05) is 56.8 Å². The molecule has 0 unspecified atom stereocenters. The van der Waals surface area contributed by atoms with E-state index in [1.807, 2.05) is 0 Å². The van der Waals surface area contributed by atoms with Crippen molar-refractivity contribution in [3.63, 3.8) is 0 Å². The first kappa shape index (κ1) is 25.7. The number of piperazine rings is 1. The lowest BCUT2D eigenvalue weighted by molar-refractivity contribution is 0.0731. The van der Waals surface area contributed by atoms with E-state index in [0.29, 0.717) is 41.5 Å². The molecule has 0 atom stereocenters. The van der Waals surface area contributed by atoms with E-state index in [1.54, 1.807) is 23.1 Å². The zero-order chi connectivity index (χ0) is 26.8. The molecule has 3 heterocycles. The molecule has 9 nitrogen and oxygen atoms in total. The minimum absolute atomic E-state index is 0.148. The van der Waals surface area contributed by atoms with E-state index < -0.39 is 11.6 Å². The molecule has 0 bridgehead atoms. The summed E-state index contributed by atoms with van der Waals surface area (Å²) >= 11 is 0. The average molecular weight is 526 g/mol. The Balaban J connectivity index is 1.49. The molecule has 200 valence electrons. The smallest absolute Gasteiger partial charge is 0.254 e. The number of ether oxygens (including phenoxy) is 3. The van der Waals surface area contributed by atoms with Gasteiger partial charge in [-0.2, -0.15) is 4.98 Å². The molecule has 0 aliphatic carbocycles. The lowest BCUT2D eigenvalue weighted by Crippen LogP contribution is -2.45. The fraction of sp³-hybridized carbons (Fsp3) is 0.370. The average Bonchev–Trinajstić information content (AvgIpc) is 2.93. The summed E-state index contributed by atoms with van der Waals surface area (Å²) in [6.07, 6.45) is 0.466. The number of methoxy groups -OCH3 is 2. The van der Waals surface area contributed by atoms with Gasteiger partial charge in [-0.05, 0) is 31.3 Å². The maximum Gasteiger partial charge on any atom is 0.254 e. The van der Waals surface area contributed by atoms with Crippen molar-refractivity contribution in [3.05, 3.63) is 64.9 Å². The van der Waals surface area contributed by atoms with Gasteiger partial charge >= 0.3 is 0 Å². The van der Waals surface area contributed by atoms with Crippen LogP contribution in [-0.4, -0.2) is 79.7 Å². The Morgan fingerprint density at radius 1 is 0.921 bits per heavy atom. The fourth-order valence-corrected chi connectivity index (χ4v) is 4.55. The molecule has 0 N–H and O–H groups in total. The summed E-state index contributed by atoms with van der Waals surface area (Å²) in [5, 5.41) is 0. The molecule has 2 aliphatic rings. The van der Waals surface area contributed by atoms with Crippen molar-refractivity contribution in [2.24, 2.45) is 0 Å². The number of carbonyl (C=O) groups excluding carboxylic acids is 1. The summed E-state index contributed by atoms with van der Waals surface area (Å²) in [7, 11) is 5.10. The van der Waals surface area contributed by atoms with E-state index in [2.05, 4.69) is 21.8 Å². The molecule has 0 saturated carbocycles. The van der Waals surface area contributed by atoms with Crippen LogP contribution in [0.25, 0.3) is 0 Å². The van der Waals surface area contributed by atoms with E-state index in [1.165, 1.54) is 20.3 Å². The molecule has 3 aromatic rings.